The zero-order valence-corrected chi connectivity index (χ0v) is 15.7. The molecule has 2 aromatic rings. The molecule has 2 atom stereocenters. The first-order chi connectivity index (χ1) is 11.3. The molecule has 5 nitrogen and oxygen atoms in total. The predicted octanol–water partition coefficient (Wildman–Crippen LogP) is 3.88. The number of rotatable bonds is 3. The van der Waals surface area contributed by atoms with Gasteiger partial charge in [0.1, 0.15) is 10.7 Å². The second-order valence-corrected chi connectivity index (χ2v) is 8.64. The van der Waals surface area contributed by atoms with Crippen LogP contribution in [0.25, 0.3) is 10.6 Å². The van der Waals surface area contributed by atoms with Gasteiger partial charge in [-0.05, 0) is 24.2 Å². The van der Waals surface area contributed by atoms with E-state index in [0.717, 1.165) is 17.0 Å². The van der Waals surface area contributed by atoms with Crippen molar-refractivity contribution in [1.29, 1.82) is 0 Å². The van der Waals surface area contributed by atoms with Crippen LogP contribution in [0, 0.1) is 11.3 Å². The molecule has 1 aliphatic rings. The molecule has 2 aromatic heterocycles. The van der Waals surface area contributed by atoms with Gasteiger partial charge in [-0.25, -0.2) is 4.98 Å². The van der Waals surface area contributed by atoms with E-state index in [1.165, 1.54) is 30.6 Å². The van der Waals surface area contributed by atoms with Crippen molar-refractivity contribution in [2.45, 2.75) is 52.5 Å². The van der Waals surface area contributed by atoms with Crippen molar-refractivity contribution in [3.63, 3.8) is 0 Å². The van der Waals surface area contributed by atoms with Crippen molar-refractivity contribution in [2.24, 2.45) is 18.4 Å². The van der Waals surface area contributed by atoms with Crippen LogP contribution in [0.4, 0.5) is 0 Å². The van der Waals surface area contributed by atoms with Gasteiger partial charge in [0.2, 0.25) is 0 Å². The molecule has 24 heavy (non-hydrogen) atoms. The number of thiazole rings is 1. The fourth-order valence-corrected chi connectivity index (χ4v) is 4.40. The first-order valence-electron chi connectivity index (χ1n) is 8.60. The maximum absolute atomic E-state index is 12.6. The van der Waals surface area contributed by atoms with Gasteiger partial charge in [-0.15, -0.1) is 11.3 Å². The minimum Gasteiger partial charge on any atom is -0.348 e. The van der Waals surface area contributed by atoms with Gasteiger partial charge in [0.25, 0.3) is 5.91 Å². The number of nitrogens with zero attached hydrogens (tertiary/aromatic N) is 3. The number of nitrogens with one attached hydrogen (secondary N) is 1. The van der Waals surface area contributed by atoms with Crippen LogP contribution in [0.15, 0.2) is 17.8 Å². The van der Waals surface area contributed by atoms with Gasteiger partial charge in [-0.3, -0.25) is 9.48 Å². The summed E-state index contributed by atoms with van der Waals surface area (Å²) in [6, 6.07) is 0.245. The Bertz CT molecular complexity index is 713. The lowest BCUT2D eigenvalue weighted by Crippen LogP contribution is -2.46. The van der Waals surface area contributed by atoms with E-state index in [9.17, 15) is 4.79 Å². The molecular formula is C18H26N4OS. The van der Waals surface area contributed by atoms with E-state index in [-0.39, 0.29) is 17.4 Å². The summed E-state index contributed by atoms with van der Waals surface area (Å²) in [5.74, 6) is 0.467. The van der Waals surface area contributed by atoms with Gasteiger partial charge in [-0.1, -0.05) is 33.6 Å². The predicted molar refractivity (Wildman–Crippen MR) is 97.0 cm³/mol. The number of hydrogen-bond acceptors (Lipinski definition) is 4. The molecule has 6 heteroatoms. The zero-order chi connectivity index (χ0) is 17.3. The van der Waals surface area contributed by atoms with Gasteiger partial charge < -0.3 is 5.32 Å². The Hall–Kier alpha value is -1.69. The van der Waals surface area contributed by atoms with E-state index >= 15 is 0 Å². The lowest BCUT2D eigenvalue weighted by Gasteiger charge is -2.40. The van der Waals surface area contributed by atoms with E-state index in [2.05, 4.69) is 36.2 Å². The minimum absolute atomic E-state index is 0.0532. The van der Waals surface area contributed by atoms with Gasteiger partial charge in [0.05, 0.1) is 6.20 Å². The van der Waals surface area contributed by atoms with Crippen molar-refractivity contribution in [3.8, 4) is 10.6 Å². The van der Waals surface area contributed by atoms with E-state index < -0.39 is 0 Å². The van der Waals surface area contributed by atoms with Gasteiger partial charge in [0, 0.05) is 30.2 Å². The van der Waals surface area contributed by atoms with Crippen LogP contribution in [-0.2, 0) is 7.05 Å². The molecular weight excluding hydrogens is 320 g/mol. The number of carbonyl (C=O) groups excluding carboxylic acids is 1. The topological polar surface area (TPSA) is 59.8 Å². The Morgan fingerprint density at radius 2 is 2.08 bits per heavy atom. The molecule has 0 unspecified atom stereocenters. The maximum Gasteiger partial charge on any atom is 0.271 e. The van der Waals surface area contributed by atoms with Gasteiger partial charge in [0.15, 0.2) is 0 Å². The molecule has 1 fully saturated rings. The van der Waals surface area contributed by atoms with Crippen LogP contribution in [-0.4, -0.2) is 26.7 Å². The fourth-order valence-electron chi connectivity index (χ4n) is 3.62. The Morgan fingerprint density at radius 1 is 1.33 bits per heavy atom. The van der Waals surface area contributed by atoms with Gasteiger partial charge >= 0.3 is 0 Å². The third-order valence-electron chi connectivity index (χ3n) is 4.88. The minimum atomic E-state index is -0.0532. The first kappa shape index (κ1) is 17.1. The molecule has 3 rings (SSSR count). The lowest BCUT2D eigenvalue weighted by atomic mass is 9.69. The molecule has 0 spiro atoms. The van der Waals surface area contributed by atoms with Crippen LogP contribution in [0.3, 0.4) is 0 Å². The molecule has 0 aromatic carbocycles. The summed E-state index contributed by atoms with van der Waals surface area (Å²) in [5, 5.41) is 10.1. The number of amides is 1. The van der Waals surface area contributed by atoms with Crippen LogP contribution in [0.1, 0.15) is 56.9 Å². The summed E-state index contributed by atoms with van der Waals surface area (Å²) < 4.78 is 1.74. The molecule has 1 saturated carbocycles. The highest BCUT2D eigenvalue weighted by molar-refractivity contribution is 7.13. The standard InChI is InChI=1S/C18H26N4OS/c1-18(2,3)13-7-5-6-8-14(13)20-16(23)15-11-24-17(21-15)12-9-19-22(4)10-12/h9-11,13-14H,5-8H2,1-4H3,(H,20,23)/t13-,14-/m0/s1. The van der Waals surface area contributed by atoms with E-state index in [4.69, 9.17) is 0 Å². The van der Waals surface area contributed by atoms with Crippen molar-refractivity contribution in [2.75, 3.05) is 0 Å². The largest absolute Gasteiger partial charge is 0.348 e. The van der Waals surface area contributed by atoms with Gasteiger partial charge in [-0.2, -0.15) is 5.10 Å². The summed E-state index contributed by atoms with van der Waals surface area (Å²) >= 11 is 1.49. The molecule has 1 amide bonds. The summed E-state index contributed by atoms with van der Waals surface area (Å²) in [5.41, 5.74) is 1.67. The average Bonchev–Trinajstić information content (AvgIpc) is 3.15. The second-order valence-electron chi connectivity index (χ2n) is 7.78. The first-order valence-corrected chi connectivity index (χ1v) is 9.48. The molecule has 1 N–H and O–H groups in total. The lowest BCUT2D eigenvalue weighted by molar-refractivity contribution is 0.0826. The number of aromatic nitrogens is 3. The van der Waals surface area contributed by atoms with Crippen molar-refractivity contribution in [1.82, 2.24) is 20.1 Å². The Balaban J connectivity index is 1.71. The SMILES string of the molecule is Cn1cc(-c2nc(C(=O)N[C@H]3CCCC[C@@H]3C(C)(C)C)cs2)cn1. The van der Waals surface area contributed by atoms with Crippen LogP contribution < -0.4 is 5.32 Å². The monoisotopic (exact) mass is 346 g/mol. The van der Waals surface area contributed by atoms with E-state index in [1.54, 1.807) is 10.9 Å². The highest BCUT2D eigenvalue weighted by atomic mass is 32.1. The molecule has 130 valence electrons. The average molecular weight is 346 g/mol. The van der Waals surface area contributed by atoms with Crippen molar-refractivity contribution < 1.29 is 4.79 Å². The Morgan fingerprint density at radius 3 is 2.75 bits per heavy atom. The molecule has 1 aliphatic carbocycles. The smallest absolute Gasteiger partial charge is 0.271 e. The molecule has 0 bridgehead atoms. The van der Waals surface area contributed by atoms with E-state index in [1.807, 2.05) is 18.6 Å². The van der Waals surface area contributed by atoms with Crippen molar-refractivity contribution >= 4 is 17.2 Å². The third kappa shape index (κ3) is 3.69. The molecule has 0 aliphatic heterocycles. The summed E-state index contributed by atoms with van der Waals surface area (Å²) in [6.45, 7) is 6.81. The molecule has 0 radical (unpaired) electrons. The number of carbonyl (C=O) groups is 1. The maximum atomic E-state index is 12.6. The quantitative estimate of drug-likeness (QED) is 0.917. The highest BCUT2D eigenvalue weighted by Gasteiger charge is 2.35. The number of aryl methyl sites for hydroxylation is 1. The van der Waals surface area contributed by atoms with Crippen LogP contribution >= 0.6 is 11.3 Å². The van der Waals surface area contributed by atoms with E-state index in [0.29, 0.717) is 11.6 Å². The molecule has 2 heterocycles. The van der Waals surface area contributed by atoms with Crippen molar-refractivity contribution in [3.05, 3.63) is 23.5 Å². The Kier molecular flexibility index (Phi) is 4.76. The summed E-state index contributed by atoms with van der Waals surface area (Å²) in [4.78, 5) is 17.1. The summed E-state index contributed by atoms with van der Waals surface area (Å²) in [7, 11) is 1.88. The van der Waals surface area contributed by atoms with Crippen LogP contribution in [0.5, 0.6) is 0 Å². The third-order valence-corrected chi connectivity index (χ3v) is 5.77. The normalized spacial score (nSPS) is 21.7. The molecule has 0 saturated heterocycles. The highest BCUT2D eigenvalue weighted by Crippen LogP contribution is 2.38. The second kappa shape index (κ2) is 6.67. The number of hydrogen-bond donors (Lipinski definition) is 1. The zero-order valence-electron chi connectivity index (χ0n) is 14.9. The fraction of sp³-hybridized carbons (Fsp3) is 0.611. The Labute approximate surface area is 147 Å². The summed E-state index contributed by atoms with van der Waals surface area (Å²) in [6.07, 6.45) is 8.39. The van der Waals surface area contributed by atoms with Crippen LogP contribution in [0.2, 0.25) is 0 Å².